The maximum Gasteiger partial charge on any atom is 0.311 e. The van der Waals surface area contributed by atoms with E-state index in [1.165, 1.54) is 13.2 Å². The van der Waals surface area contributed by atoms with Crippen LogP contribution in [0.4, 0.5) is 0 Å². The fourth-order valence-corrected chi connectivity index (χ4v) is 0.918. The van der Waals surface area contributed by atoms with Gasteiger partial charge in [0.15, 0.2) is 5.76 Å². The van der Waals surface area contributed by atoms with Crippen LogP contribution in [0.15, 0.2) is 21.5 Å². The van der Waals surface area contributed by atoms with Crippen molar-refractivity contribution in [2.75, 3.05) is 7.11 Å². The number of hydrogen-bond donors (Lipinski definition) is 1. The lowest BCUT2D eigenvalue weighted by molar-refractivity contribution is -0.136. The topological polar surface area (TPSA) is 76.7 Å². The average molecular weight is 184 g/mol. The van der Waals surface area contributed by atoms with E-state index in [-0.39, 0.29) is 23.4 Å². The van der Waals surface area contributed by atoms with Crippen LogP contribution in [-0.4, -0.2) is 18.2 Å². The normalized spacial score (nSPS) is 9.62. The smallest absolute Gasteiger partial charge is 0.311 e. The van der Waals surface area contributed by atoms with Crippen LogP contribution in [0.5, 0.6) is 5.75 Å². The Balaban J connectivity index is 3.12. The van der Waals surface area contributed by atoms with E-state index < -0.39 is 5.97 Å². The molecule has 0 saturated heterocycles. The Labute approximate surface area is 73.6 Å². The molecule has 0 aromatic carbocycles. The molecule has 5 nitrogen and oxygen atoms in total. The van der Waals surface area contributed by atoms with Gasteiger partial charge in [-0.3, -0.25) is 9.59 Å². The maximum atomic E-state index is 11.1. The zero-order valence-corrected chi connectivity index (χ0v) is 6.94. The summed E-state index contributed by atoms with van der Waals surface area (Å²) in [7, 11) is 1.29. The van der Waals surface area contributed by atoms with Crippen molar-refractivity contribution in [2.45, 2.75) is 6.42 Å². The number of carboxylic acid groups (broad SMARTS) is 1. The first-order chi connectivity index (χ1) is 6.15. The average Bonchev–Trinajstić information content (AvgIpc) is 2.03. The molecule has 1 heterocycles. The first-order valence-electron chi connectivity index (χ1n) is 3.51. The maximum absolute atomic E-state index is 11.1. The third kappa shape index (κ3) is 2.08. The number of hydrogen-bond acceptors (Lipinski definition) is 4. The molecule has 0 fully saturated rings. The molecule has 13 heavy (non-hydrogen) atoms. The predicted molar refractivity (Wildman–Crippen MR) is 42.9 cm³/mol. The lowest BCUT2D eigenvalue weighted by atomic mass is 10.3. The van der Waals surface area contributed by atoms with Gasteiger partial charge in [0.25, 0.3) is 0 Å². The van der Waals surface area contributed by atoms with Gasteiger partial charge in [-0.1, -0.05) is 0 Å². The van der Waals surface area contributed by atoms with Gasteiger partial charge in [0.1, 0.15) is 6.42 Å². The molecule has 0 radical (unpaired) electrons. The molecule has 0 saturated carbocycles. The second-order valence-electron chi connectivity index (χ2n) is 2.31. The van der Waals surface area contributed by atoms with Crippen molar-refractivity contribution in [2.24, 2.45) is 0 Å². The van der Waals surface area contributed by atoms with E-state index in [4.69, 9.17) is 14.3 Å². The van der Waals surface area contributed by atoms with Crippen molar-refractivity contribution in [1.82, 2.24) is 0 Å². The van der Waals surface area contributed by atoms with E-state index >= 15 is 0 Å². The highest BCUT2D eigenvalue weighted by Crippen LogP contribution is 2.12. The first-order valence-corrected chi connectivity index (χ1v) is 3.51. The molecule has 0 bridgehead atoms. The summed E-state index contributed by atoms with van der Waals surface area (Å²) < 4.78 is 9.54. The van der Waals surface area contributed by atoms with Gasteiger partial charge in [0, 0.05) is 6.07 Å². The number of carbonyl (C=O) groups is 1. The molecule has 0 aliphatic carbocycles. The minimum atomic E-state index is -1.08. The van der Waals surface area contributed by atoms with Crippen molar-refractivity contribution >= 4 is 5.97 Å². The van der Waals surface area contributed by atoms with Crippen LogP contribution in [-0.2, 0) is 11.2 Å². The molecule has 0 atom stereocenters. The van der Waals surface area contributed by atoms with E-state index in [1.54, 1.807) is 0 Å². The van der Waals surface area contributed by atoms with Crippen LogP contribution in [0.1, 0.15) is 5.76 Å². The lowest BCUT2D eigenvalue weighted by Gasteiger charge is -2.02. The standard InChI is InChI=1S/C8H8O5/c1-12-8-5(9)2-3-13-6(8)4-7(10)11/h2-3H,4H2,1H3,(H,10,11). The summed E-state index contributed by atoms with van der Waals surface area (Å²) in [6.45, 7) is 0. The van der Waals surface area contributed by atoms with Crippen LogP contribution in [0.25, 0.3) is 0 Å². The summed E-state index contributed by atoms with van der Waals surface area (Å²) in [6.07, 6.45) is 0.780. The van der Waals surface area contributed by atoms with Gasteiger partial charge in [-0.25, -0.2) is 0 Å². The lowest BCUT2D eigenvalue weighted by Crippen LogP contribution is -2.09. The Hall–Kier alpha value is -1.78. The largest absolute Gasteiger partial charge is 0.490 e. The molecule has 0 aliphatic heterocycles. The van der Waals surface area contributed by atoms with Gasteiger partial charge in [0.05, 0.1) is 13.4 Å². The zero-order valence-electron chi connectivity index (χ0n) is 6.94. The Bertz CT molecular complexity index is 365. The predicted octanol–water partition coefficient (Wildman–Crippen LogP) is 0.275. The van der Waals surface area contributed by atoms with Gasteiger partial charge in [0.2, 0.25) is 11.2 Å². The van der Waals surface area contributed by atoms with E-state index in [0.29, 0.717) is 0 Å². The van der Waals surface area contributed by atoms with Gasteiger partial charge in [-0.2, -0.15) is 0 Å². The van der Waals surface area contributed by atoms with E-state index in [2.05, 4.69) is 0 Å². The fourth-order valence-electron chi connectivity index (χ4n) is 0.918. The highest BCUT2D eigenvalue weighted by molar-refractivity contribution is 5.70. The molecule has 1 rings (SSSR count). The van der Waals surface area contributed by atoms with Crippen LogP contribution in [0, 0.1) is 0 Å². The highest BCUT2D eigenvalue weighted by atomic mass is 16.5. The summed E-state index contributed by atoms with van der Waals surface area (Å²) in [4.78, 5) is 21.4. The van der Waals surface area contributed by atoms with Gasteiger partial charge in [-0.15, -0.1) is 0 Å². The molecule has 0 spiro atoms. The zero-order chi connectivity index (χ0) is 9.84. The Morgan fingerprint density at radius 2 is 2.38 bits per heavy atom. The minimum Gasteiger partial charge on any atom is -0.490 e. The molecular weight excluding hydrogens is 176 g/mol. The third-order valence-corrected chi connectivity index (χ3v) is 1.42. The van der Waals surface area contributed by atoms with Crippen molar-refractivity contribution < 1.29 is 19.1 Å². The number of methoxy groups -OCH3 is 1. The quantitative estimate of drug-likeness (QED) is 0.729. The van der Waals surface area contributed by atoms with Gasteiger partial charge < -0.3 is 14.3 Å². The molecule has 0 amide bonds. The van der Waals surface area contributed by atoms with Crippen LogP contribution >= 0.6 is 0 Å². The van der Waals surface area contributed by atoms with E-state index in [0.717, 1.165) is 6.26 Å². The molecule has 1 N–H and O–H groups in total. The second kappa shape index (κ2) is 3.75. The molecule has 5 heteroatoms. The number of aliphatic carboxylic acids is 1. The number of carboxylic acids is 1. The Morgan fingerprint density at radius 1 is 1.69 bits per heavy atom. The van der Waals surface area contributed by atoms with Gasteiger partial charge in [-0.05, 0) is 0 Å². The summed E-state index contributed by atoms with van der Waals surface area (Å²) in [5.74, 6) is -1.10. The van der Waals surface area contributed by atoms with Crippen LogP contribution in [0.3, 0.4) is 0 Å². The summed E-state index contributed by atoms with van der Waals surface area (Å²) >= 11 is 0. The Kier molecular flexibility index (Phi) is 2.69. The molecular formula is C8H8O5. The minimum absolute atomic E-state index is 0.0301. The fraction of sp³-hybridized carbons (Fsp3) is 0.250. The SMILES string of the molecule is COc1c(CC(=O)O)occc1=O. The number of ether oxygens (including phenoxy) is 1. The van der Waals surface area contributed by atoms with Gasteiger partial charge >= 0.3 is 5.97 Å². The Morgan fingerprint density at radius 3 is 2.92 bits per heavy atom. The molecule has 0 aliphatic rings. The molecule has 0 unspecified atom stereocenters. The third-order valence-electron chi connectivity index (χ3n) is 1.42. The summed E-state index contributed by atoms with van der Waals surface area (Å²) in [5, 5.41) is 8.46. The van der Waals surface area contributed by atoms with Crippen molar-refractivity contribution in [3.8, 4) is 5.75 Å². The van der Waals surface area contributed by atoms with Crippen LogP contribution in [0.2, 0.25) is 0 Å². The summed E-state index contributed by atoms with van der Waals surface area (Å²) in [5.41, 5.74) is -0.384. The van der Waals surface area contributed by atoms with Crippen molar-refractivity contribution in [3.05, 3.63) is 28.3 Å². The second-order valence-corrected chi connectivity index (χ2v) is 2.31. The monoisotopic (exact) mass is 184 g/mol. The summed E-state index contributed by atoms with van der Waals surface area (Å²) in [6, 6.07) is 1.17. The number of rotatable bonds is 3. The highest BCUT2D eigenvalue weighted by Gasteiger charge is 2.12. The van der Waals surface area contributed by atoms with E-state index in [9.17, 15) is 9.59 Å². The first kappa shape index (κ1) is 9.31. The molecule has 1 aromatic heterocycles. The molecule has 1 aromatic rings. The van der Waals surface area contributed by atoms with Crippen molar-refractivity contribution in [1.29, 1.82) is 0 Å². The van der Waals surface area contributed by atoms with Crippen LogP contribution < -0.4 is 10.2 Å². The van der Waals surface area contributed by atoms with Crippen molar-refractivity contribution in [3.63, 3.8) is 0 Å². The molecule has 70 valence electrons. The van der Waals surface area contributed by atoms with E-state index in [1.807, 2.05) is 0 Å².